The molecule has 0 radical (unpaired) electrons. The van der Waals surface area contributed by atoms with Crippen molar-refractivity contribution in [3.63, 3.8) is 0 Å². The standard InChI is InChI=1S/C21H41N2O2.HI/c1-22(21(24)19-25-23(2)17-13-10-14-18-23)20-15-11-8-6-4-3-5-7-9-12-16-20;/h20H,3-19H2,1-2H3;1H/q+1;/p-1. The SMILES string of the molecule is CN(C(=O)CO[N+]1(C)CCCCC1)C1CCCCCCCCCCC1.[I-]. The van der Waals surface area contributed by atoms with E-state index < -0.39 is 0 Å². The molecule has 1 saturated heterocycles. The summed E-state index contributed by atoms with van der Waals surface area (Å²) < 4.78 is 0.615. The van der Waals surface area contributed by atoms with Gasteiger partial charge in [0.15, 0.2) is 6.61 Å². The van der Waals surface area contributed by atoms with Crippen LogP contribution in [0.5, 0.6) is 0 Å². The summed E-state index contributed by atoms with van der Waals surface area (Å²) in [4.78, 5) is 20.7. The van der Waals surface area contributed by atoms with Gasteiger partial charge in [-0.05, 0) is 32.1 Å². The molecule has 154 valence electrons. The summed E-state index contributed by atoms with van der Waals surface area (Å²) in [5.74, 6) is 0.169. The molecule has 1 saturated carbocycles. The molecule has 5 heteroatoms. The van der Waals surface area contributed by atoms with Crippen LogP contribution in [0.15, 0.2) is 0 Å². The number of halogens is 1. The van der Waals surface area contributed by atoms with Crippen LogP contribution in [-0.4, -0.2) is 55.3 Å². The molecule has 0 spiro atoms. The van der Waals surface area contributed by atoms with Gasteiger partial charge in [-0.3, -0.25) is 4.79 Å². The van der Waals surface area contributed by atoms with E-state index in [4.69, 9.17) is 4.84 Å². The predicted octanol–water partition coefficient (Wildman–Crippen LogP) is 1.68. The molecule has 26 heavy (non-hydrogen) atoms. The van der Waals surface area contributed by atoms with E-state index in [1.54, 1.807) is 0 Å². The highest BCUT2D eigenvalue weighted by atomic mass is 127. The minimum Gasteiger partial charge on any atom is -1.00 e. The normalized spacial score (nSPS) is 23.2. The second-order valence-electron chi connectivity index (χ2n) is 8.50. The topological polar surface area (TPSA) is 29.5 Å². The molecule has 0 N–H and O–H groups in total. The lowest BCUT2D eigenvalue weighted by Crippen LogP contribution is -3.00. The van der Waals surface area contributed by atoms with E-state index in [-0.39, 0.29) is 36.5 Å². The van der Waals surface area contributed by atoms with Crippen molar-refractivity contribution in [3.05, 3.63) is 0 Å². The largest absolute Gasteiger partial charge is 1.00 e. The van der Waals surface area contributed by atoms with Crippen molar-refractivity contribution in [1.29, 1.82) is 0 Å². The maximum absolute atomic E-state index is 12.7. The van der Waals surface area contributed by atoms with Crippen molar-refractivity contribution >= 4 is 5.91 Å². The zero-order chi connectivity index (χ0) is 18.0. The highest BCUT2D eigenvalue weighted by Crippen LogP contribution is 2.21. The molecule has 4 nitrogen and oxygen atoms in total. The van der Waals surface area contributed by atoms with Gasteiger partial charge in [-0.25, -0.2) is 0 Å². The Kier molecular flexibility index (Phi) is 12.4. The van der Waals surface area contributed by atoms with Crippen LogP contribution < -0.4 is 24.0 Å². The lowest BCUT2D eigenvalue weighted by atomic mass is 9.97. The van der Waals surface area contributed by atoms with Crippen molar-refractivity contribution in [2.24, 2.45) is 0 Å². The van der Waals surface area contributed by atoms with Crippen molar-refractivity contribution in [1.82, 2.24) is 4.90 Å². The Morgan fingerprint density at radius 1 is 0.846 bits per heavy atom. The molecule has 2 aliphatic rings. The van der Waals surface area contributed by atoms with Gasteiger partial charge in [0.1, 0.15) is 13.1 Å². The van der Waals surface area contributed by atoms with Gasteiger partial charge in [-0.15, -0.1) is 0 Å². The Balaban J connectivity index is 0.00000338. The van der Waals surface area contributed by atoms with Gasteiger partial charge < -0.3 is 28.9 Å². The number of carbonyl (C=O) groups is 1. The zero-order valence-corrected chi connectivity index (χ0v) is 19.3. The van der Waals surface area contributed by atoms with Gasteiger partial charge in [-0.1, -0.05) is 57.8 Å². The molecule has 0 unspecified atom stereocenters. The number of carbonyl (C=O) groups excluding carboxylic acids is 1. The third kappa shape index (κ3) is 8.87. The summed E-state index contributed by atoms with van der Waals surface area (Å²) >= 11 is 0. The molecule has 1 amide bonds. The number of amides is 1. The monoisotopic (exact) mass is 480 g/mol. The van der Waals surface area contributed by atoms with Gasteiger partial charge in [0, 0.05) is 13.1 Å². The van der Waals surface area contributed by atoms with Crippen molar-refractivity contribution in [2.45, 2.75) is 95.9 Å². The molecule has 2 rings (SSSR count). The van der Waals surface area contributed by atoms with Crippen molar-refractivity contribution in [2.75, 3.05) is 33.8 Å². The van der Waals surface area contributed by atoms with Crippen LogP contribution in [0.4, 0.5) is 0 Å². The maximum atomic E-state index is 12.7. The van der Waals surface area contributed by atoms with Gasteiger partial charge in [-0.2, -0.15) is 9.48 Å². The van der Waals surface area contributed by atoms with Crippen molar-refractivity contribution in [3.8, 4) is 0 Å². The second kappa shape index (κ2) is 13.3. The number of hydroxylamine groups is 3. The molecular formula is C21H41IN2O2. The number of hydrogen-bond donors (Lipinski definition) is 0. The van der Waals surface area contributed by atoms with Crippen LogP contribution in [-0.2, 0) is 9.63 Å². The van der Waals surface area contributed by atoms with E-state index in [0.717, 1.165) is 25.9 Å². The summed E-state index contributed by atoms with van der Waals surface area (Å²) in [5, 5.41) is 0. The van der Waals surface area contributed by atoms with E-state index in [9.17, 15) is 4.79 Å². The maximum Gasteiger partial charge on any atom is 0.254 e. The fourth-order valence-corrected chi connectivity index (χ4v) is 4.36. The minimum absolute atomic E-state index is 0. The summed E-state index contributed by atoms with van der Waals surface area (Å²) in [6.07, 6.45) is 18.1. The van der Waals surface area contributed by atoms with Crippen LogP contribution >= 0.6 is 0 Å². The van der Waals surface area contributed by atoms with E-state index in [1.165, 1.54) is 77.0 Å². The molecule has 2 fully saturated rings. The lowest BCUT2D eigenvalue weighted by Gasteiger charge is -2.35. The lowest BCUT2D eigenvalue weighted by molar-refractivity contribution is -1.09. The zero-order valence-electron chi connectivity index (χ0n) is 17.2. The Morgan fingerprint density at radius 3 is 1.77 bits per heavy atom. The van der Waals surface area contributed by atoms with Crippen LogP contribution in [0.25, 0.3) is 0 Å². The van der Waals surface area contributed by atoms with Gasteiger partial charge in [0.25, 0.3) is 5.91 Å². The molecular weight excluding hydrogens is 439 g/mol. The third-order valence-electron chi connectivity index (χ3n) is 6.28. The van der Waals surface area contributed by atoms with E-state index >= 15 is 0 Å². The highest BCUT2D eigenvalue weighted by Gasteiger charge is 2.29. The Bertz CT molecular complexity index is 374. The average Bonchev–Trinajstić information content (AvgIpc) is 2.60. The smallest absolute Gasteiger partial charge is 0.254 e. The van der Waals surface area contributed by atoms with Crippen LogP contribution in [0.1, 0.15) is 89.9 Å². The molecule has 0 aromatic carbocycles. The number of quaternary nitrogens is 1. The number of likely N-dealkylation sites (N-methyl/N-ethyl adjacent to an activating group) is 1. The number of nitrogens with zero attached hydrogens (tertiary/aromatic N) is 2. The van der Waals surface area contributed by atoms with Crippen molar-refractivity contribution < 1.29 is 38.3 Å². The average molecular weight is 480 g/mol. The first kappa shape index (κ1) is 24.2. The van der Waals surface area contributed by atoms with E-state index in [1.807, 2.05) is 11.9 Å². The summed E-state index contributed by atoms with van der Waals surface area (Å²) in [5.41, 5.74) is 0. The second-order valence-corrected chi connectivity index (χ2v) is 8.50. The highest BCUT2D eigenvalue weighted by molar-refractivity contribution is 5.77. The third-order valence-corrected chi connectivity index (χ3v) is 6.28. The number of rotatable bonds is 4. The number of likely N-dealkylation sites (tertiary alicyclic amines) is 1. The Morgan fingerprint density at radius 2 is 1.27 bits per heavy atom. The first-order chi connectivity index (χ1) is 12.1. The van der Waals surface area contributed by atoms with Crippen LogP contribution in [0.3, 0.4) is 0 Å². The van der Waals surface area contributed by atoms with Crippen LogP contribution in [0, 0.1) is 0 Å². The fourth-order valence-electron chi connectivity index (χ4n) is 4.36. The van der Waals surface area contributed by atoms with Gasteiger partial charge >= 0.3 is 0 Å². The molecule has 1 aliphatic carbocycles. The first-order valence-electron chi connectivity index (χ1n) is 10.9. The summed E-state index contributed by atoms with van der Waals surface area (Å²) in [6, 6.07) is 0.405. The first-order valence-corrected chi connectivity index (χ1v) is 10.9. The quantitative estimate of drug-likeness (QED) is 0.453. The van der Waals surface area contributed by atoms with E-state index in [0.29, 0.717) is 10.7 Å². The van der Waals surface area contributed by atoms with E-state index in [2.05, 4.69) is 7.05 Å². The summed E-state index contributed by atoms with van der Waals surface area (Å²) in [6.45, 7) is 2.32. The fraction of sp³-hybridized carbons (Fsp3) is 0.952. The number of hydrogen-bond acceptors (Lipinski definition) is 2. The molecule has 1 aliphatic heterocycles. The van der Waals surface area contributed by atoms with Gasteiger partial charge in [0.2, 0.25) is 0 Å². The minimum atomic E-state index is 0. The Labute approximate surface area is 178 Å². The number of piperidine rings is 1. The summed E-state index contributed by atoms with van der Waals surface area (Å²) in [7, 11) is 4.13. The molecule has 0 atom stereocenters. The Hall–Kier alpha value is 0.120. The molecule has 0 aromatic rings. The van der Waals surface area contributed by atoms with Crippen LogP contribution in [0.2, 0.25) is 0 Å². The predicted molar refractivity (Wildman–Crippen MR) is 103 cm³/mol. The molecule has 0 aromatic heterocycles. The van der Waals surface area contributed by atoms with Gasteiger partial charge in [0.05, 0.1) is 7.05 Å². The molecule has 0 bridgehead atoms. The molecule has 1 heterocycles.